The number of carbonyl (C=O) groups excluding carboxylic acids is 3. The fraction of sp³-hybridized carbons (Fsp3) is 0.385. The number of furan rings is 1. The van der Waals surface area contributed by atoms with Gasteiger partial charge in [0.2, 0.25) is 0 Å². The molecule has 1 aromatic carbocycles. The van der Waals surface area contributed by atoms with E-state index in [2.05, 4.69) is 9.69 Å². The van der Waals surface area contributed by atoms with Crippen LogP contribution in [-0.4, -0.2) is 42.4 Å². The summed E-state index contributed by atoms with van der Waals surface area (Å²) >= 11 is 0.729. The lowest BCUT2D eigenvalue weighted by molar-refractivity contribution is -0.123. The van der Waals surface area contributed by atoms with Crippen molar-refractivity contribution in [2.24, 2.45) is 5.73 Å². The van der Waals surface area contributed by atoms with Crippen molar-refractivity contribution in [1.82, 2.24) is 9.69 Å². The summed E-state index contributed by atoms with van der Waals surface area (Å²) in [6, 6.07) is 6.98. The van der Waals surface area contributed by atoms with Crippen molar-refractivity contribution in [3.05, 3.63) is 52.4 Å². The monoisotopic (exact) mass is 541 g/mol. The smallest absolute Gasteiger partial charge is 0.273 e. The molecule has 2 heterocycles. The fourth-order valence-corrected chi connectivity index (χ4v) is 5.30. The molecule has 0 spiro atoms. The highest BCUT2D eigenvalue weighted by molar-refractivity contribution is 7.09. The number of hydrogen-bond acceptors (Lipinski definition) is 9. The van der Waals surface area contributed by atoms with Crippen LogP contribution in [0.1, 0.15) is 69.8 Å². The summed E-state index contributed by atoms with van der Waals surface area (Å²) in [6.45, 7) is 1.75. The van der Waals surface area contributed by atoms with Gasteiger partial charge in [-0.3, -0.25) is 19.3 Å². The lowest BCUT2D eigenvalue weighted by Gasteiger charge is -2.32. The zero-order chi connectivity index (χ0) is 27.4. The van der Waals surface area contributed by atoms with Crippen molar-refractivity contribution < 1.29 is 28.3 Å². The Morgan fingerprint density at radius 3 is 2.29 bits per heavy atom. The molecule has 0 saturated heterocycles. The van der Waals surface area contributed by atoms with Crippen LogP contribution in [0.25, 0.3) is 0 Å². The molecule has 202 valence electrons. The molecule has 0 aliphatic heterocycles. The summed E-state index contributed by atoms with van der Waals surface area (Å²) in [4.78, 5) is 41.1. The maximum Gasteiger partial charge on any atom is 0.273 e. The van der Waals surface area contributed by atoms with Gasteiger partial charge in [0.05, 0.1) is 25.6 Å². The number of ether oxygens (including phenoxy) is 2. The molecule has 5 N–H and O–H groups in total. The zero-order valence-corrected chi connectivity index (χ0v) is 22.3. The SMILES string of the molecule is COc1cc(OC)cc(N(C(=O)c2snc(C(N)=O)c2N)[C@@H](C(=O)NC2CCCCC2)c2ccc(C)o2)c1. The average Bonchev–Trinajstić information content (AvgIpc) is 3.52. The van der Waals surface area contributed by atoms with Crippen molar-refractivity contribution in [2.75, 3.05) is 24.9 Å². The molecule has 0 unspecified atom stereocenters. The molecular formula is C26H31N5O6S. The third-order valence-electron chi connectivity index (χ3n) is 6.48. The van der Waals surface area contributed by atoms with E-state index >= 15 is 0 Å². The lowest BCUT2D eigenvalue weighted by Crippen LogP contribution is -2.47. The van der Waals surface area contributed by atoms with Crippen molar-refractivity contribution in [1.29, 1.82) is 0 Å². The predicted molar refractivity (Wildman–Crippen MR) is 143 cm³/mol. The number of methoxy groups -OCH3 is 2. The Morgan fingerprint density at radius 1 is 1.11 bits per heavy atom. The third kappa shape index (κ3) is 5.59. The summed E-state index contributed by atoms with van der Waals surface area (Å²) in [5.74, 6) is -0.326. The van der Waals surface area contributed by atoms with Crippen LogP contribution in [0.15, 0.2) is 34.7 Å². The molecule has 11 nitrogen and oxygen atoms in total. The van der Waals surface area contributed by atoms with Gasteiger partial charge < -0.3 is 30.7 Å². The molecule has 1 saturated carbocycles. The number of aryl methyl sites for hydroxylation is 1. The van der Waals surface area contributed by atoms with E-state index in [0.29, 0.717) is 17.3 Å². The molecule has 0 bridgehead atoms. The summed E-state index contributed by atoms with van der Waals surface area (Å²) < 4.78 is 20.7. The number of anilines is 2. The van der Waals surface area contributed by atoms with E-state index in [1.165, 1.54) is 19.1 Å². The number of carbonyl (C=O) groups is 3. The van der Waals surface area contributed by atoms with Gasteiger partial charge in [0.25, 0.3) is 17.7 Å². The van der Waals surface area contributed by atoms with Gasteiger partial charge in [-0.25, -0.2) is 0 Å². The summed E-state index contributed by atoms with van der Waals surface area (Å²) in [6.07, 6.45) is 4.84. The van der Waals surface area contributed by atoms with Crippen LogP contribution in [0.3, 0.4) is 0 Å². The summed E-state index contributed by atoms with van der Waals surface area (Å²) in [5.41, 5.74) is 11.4. The van der Waals surface area contributed by atoms with Crippen LogP contribution in [0.4, 0.5) is 11.4 Å². The molecule has 1 atom stereocenters. The predicted octanol–water partition coefficient (Wildman–Crippen LogP) is 3.58. The number of primary amides is 1. The maximum atomic E-state index is 14.2. The van der Waals surface area contributed by atoms with Crippen LogP contribution in [-0.2, 0) is 4.79 Å². The zero-order valence-electron chi connectivity index (χ0n) is 21.5. The van der Waals surface area contributed by atoms with Crippen molar-refractivity contribution in [3.8, 4) is 11.5 Å². The van der Waals surface area contributed by atoms with Gasteiger partial charge in [0, 0.05) is 24.2 Å². The number of nitrogen functional groups attached to an aromatic ring is 1. The van der Waals surface area contributed by atoms with E-state index in [4.69, 9.17) is 25.4 Å². The Balaban J connectivity index is 1.88. The molecule has 38 heavy (non-hydrogen) atoms. The van der Waals surface area contributed by atoms with Crippen LogP contribution in [0.5, 0.6) is 11.5 Å². The Morgan fingerprint density at radius 2 is 1.76 bits per heavy atom. The van der Waals surface area contributed by atoms with E-state index in [1.54, 1.807) is 37.3 Å². The molecule has 4 rings (SSSR count). The first-order valence-corrected chi connectivity index (χ1v) is 13.0. The average molecular weight is 542 g/mol. The Hall–Kier alpha value is -4.06. The molecule has 3 amide bonds. The highest BCUT2D eigenvalue weighted by Gasteiger charge is 2.39. The first kappa shape index (κ1) is 27.0. The second-order valence-electron chi connectivity index (χ2n) is 9.08. The number of nitrogens with zero attached hydrogens (tertiary/aromatic N) is 2. The van der Waals surface area contributed by atoms with Crippen LogP contribution >= 0.6 is 11.5 Å². The van der Waals surface area contributed by atoms with E-state index in [9.17, 15) is 14.4 Å². The standard InChI is InChI=1S/C26H31N5O6S/c1-14-9-10-19(37-14)22(25(33)29-15-7-5-4-6-8-15)31(16-11-17(35-2)13-18(12-16)36-3)26(34)23-20(27)21(24(28)32)30-38-23/h9-13,15,22H,4-8,27H2,1-3H3,(H2,28,32)(H,29,33)/t22-/m1/s1. The molecule has 1 fully saturated rings. The first-order valence-electron chi connectivity index (χ1n) is 12.2. The van der Waals surface area contributed by atoms with Crippen molar-refractivity contribution in [3.63, 3.8) is 0 Å². The summed E-state index contributed by atoms with van der Waals surface area (Å²) in [7, 11) is 2.96. The van der Waals surface area contributed by atoms with Gasteiger partial charge in [0.15, 0.2) is 11.7 Å². The highest BCUT2D eigenvalue weighted by atomic mass is 32.1. The minimum absolute atomic E-state index is 0.0263. The normalized spacial score (nSPS) is 14.5. The molecule has 3 aromatic rings. The third-order valence-corrected chi connectivity index (χ3v) is 7.33. The van der Waals surface area contributed by atoms with Crippen molar-refractivity contribution in [2.45, 2.75) is 51.1 Å². The van der Waals surface area contributed by atoms with E-state index in [0.717, 1.165) is 43.6 Å². The Kier molecular flexibility index (Phi) is 8.20. The molecule has 2 aromatic heterocycles. The number of hydrogen-bond donors (Lipinski definition) is 3. The first-order chi connectivity index (χ1) is 18.2. The maximum absolute atomic E-state index is 14.2. The topological polar surface area (TPSA) is 163 Å². The Labute approximate surface area is 224 Å². The number of aromatic nitrogens is 1. The minimum Gasteiger partial charge on any atom is -0.497 e. The number of amides is 3. The van der Waals surface area contributed by atoms with Gasteiger partial charge >= 0.3 is 0 Å². The molecule has 0 radical (unpaired) electrons. The quantitative estimate of drug-likeness (QED) is 0.370. The van der Waals surface area contributed by atoms with E-state index in [-0.39, 0.29) is 33.7 Å². The highest BCUT2D eigenvalue weighted by Crippen LogP contribution is 2.37. The van der Waals surface area contributed by atoms with Gasteiger partial charge in [-0.1, -0.05) is 19.3 Å². The number of nitrogens with one attached hydrogen (secondary N) is 1. The molecule has 12 heteroatoms. The second kappa shape index (κ2) is 11.5. The molecule has 1 aliphatic carbocycles. The second-order valence-corrected chi connectivity index (χ2v) is 9.85. The lowest BCUT2D eigenvalue weighted by atomic mass is 9.95. The van der Waals surface area contributed by atoms with Crippen LogP contribution in [0.2, 0.25) is 0 Å². The number of nitrogens with two attached hydrogens (primary N) is 2. The van der Waals surface area contributed by atoms with Gasteiger partial charge in [-0.2, -0.15) is 4.37 Å². The largest absolute Gasteiger partial charge is 0.497 e. The van der Waals surface area contributed by atoms with Crippen LogP contribution < -0.4 is 31.2 Å². The molecule has 1 aliphatic rings. The molecular weight excluding hydrogens is 510 g/mol. The van der Waals surface area contributed by atoms with Crippen LogP contribution in [0, 0.1) is 6.92 Å². The van der Waals surface area contributed by atoms with Gasteiger partial charge in [-0.05, 0) is 43.4 Å². The van der Waals surface area contributed by atoms with Gasteiger partial charge in [0.1, 0.15) is 27.9 Å². The minimum atomic E-state index is -1.21. The van der Waals surface area contributed by atoms with E-state index in [1.807, 2.05) is 0 Å². The summed E-state index contributed by atoms with van der Waals surface area (Å²) in [5, 5.41) is 3.11. The van der Waals surface area contributed by atoms with Gasteiger partial charge in [-0.15, -0.1) is 0 Å². The number of benzene rings is 1. The fourth-order valence-electron chi connectivity index (χ4n) is 4.55. The number of rotatable bonds is 9. The van der Waals surface area contributed by atoms with E-state index < -0.39 is 23.8 Å². The van der Waals surface area contributed by atoms with Crippen molar-refractivity contribution >= 4 is 40.6 Å². The Bertz CT molecular complexity index is 1310.